The molecule has 0 saturated carbocycles. The molecule has 0 radical (unpaired) electrons. The van der Waals surface area contributed by atoms with Gasteiger partial charge in [-0.2, -0.15) is 0 Å². The Morgan fingerprint density at radius 1 is 1.16 bits per heavy atom. The number of tetrazole rings is 1. The number of hydrogen-bond acceptors (Lipinski definition) is 5. The molecule has 1 fully saturated rings. The Hall–Kier alpha value is -2.28. The van der Waals surface area contributed by atoms with Crippen LogP contribution in [-0.4, -0.2) is 57.2 Å². The number of piperidine rings is 1. The second-order valence-corrected chi connectivity index (χ2v) is 6.54. The van der Waals surface area contributed by atoms with Crippen LogP contribution in [0.1, 0.15) is 37.3 Å². The van der Waals surface area contributed by atoms with Crippen LogP contribution >= 0.6 is 0 Å². The van der Waals surface area contributed by atoms with Crippen LogP contribution in [0.3, 0.4) is 0 Å². The van der Waals surface area contributed by atoms with Crippen LogP contribution in [-0.2, 0) is 11.2 Å². The van der Waals surface area contributed by atoms with Gasteiger partial charge in [-0.25, -0.2) is 4.68 Å². The van der Waals surface area contributed by atoms with Crippen LogP contribution < -0.4 is 5.32 Å². The van der Waals surface area contributed by atoms with E-state index >= 15 is 0 Å². The Labute approximate surface area is 148 Å². The van der Waals surface area contributed by atoms with Crippen molar-refractivity contribution < 1.29 is 4.79 Å². The number of rotatable bonds is 8. The number of carbonyl (C=O) groups excluding carboxylic acids is 1. The number of carbonyl (C=O) groups is 1. The highest BCUT2D eigenvalue weighted by Crippen LogP contribution is 2.13. The monoisotopic (exact) mass is 342 g/mol. The van der Waals surface area contributed by atoms with Crippen molar-refractivity contribution in [1.29, 1.82) is 0 Å². The first-order chi connectivity index (χ1) is 12.3. The lowest BCUT2D eigenvalue weighted by Gasteiger charge is -2.26. The smallest absolute Gasteiger partial charge is 0.245 e. The highest BCUT2D eigenvalue weighted by molar-refractivity contribution is 5.80. The molecule has 7 nitrogen and oxygen atoms in total. The van der Waals surface area contributed by atoms with E-state index in [9.17, 15) is 4.79 Å². The van der Waals surface area contributed by atoms with Gasteiger partial charge in [0.05, 0.1) is 0 Å². The third-order valence-corrected chi connectivity index (χ3v) is 4.66. The molecule has 1 aromatic heterocycles. The van der Waals surface area contributed by atoms with Crippen molar-refractivity contribution >= 4 is 5.91 Å². The van der Waals surface area contributed by atoms with Gasteiger partial charge in [0.1, 0.15) is 12.4 Å². The van der Waals surface area contributed by atoms with Crippen LogP contribution in [0.2, 0.25) is 0 Å². The molecular weight excluding hydrogens is 316 g/mol. The molecular formula is C18H26N6O. The van der Waals surface area contributed by atoms with Crippen LogP contribution in [0.15, 0.2) is 36.7 Å². The quantitative estimate of drug-likeness (QED) is 0.735. The van der Waals surface area contributed by atoms with Gasteiger partial charge in [-0.1, -0.05) is 36.8 Å². The van der Waals surface area contributed by atoms with Crippen molar-refractivity contribution in [3.8, 4) is 0 Å². The molecule has 25 heavy (non-hydrogen) atoms. The Morgan fingerprint density at radius 2 is 1.96 bits per heavy atom. The van der Waals surface area contributed by atoms with Gasteiger partial charge in [-0.05, 0) is 54.9 Å². The second-order valence-electron chi connectivity index (χ2n) is 6.54. The predicted molar refractivity (Wildman–Crippen MR) is 94.9 cm³/mol. The van der Waals surface area contributed by atoms with E-state index in [4.69, 9.17) is 0 Å². The molecule has 1 N–H and O–H groups in total. The van der Waals surface area contributed by atoms with Gasteiger partial charge >= 0.3 is 0 Å². The third-order valence-electron chi connectivity index (χ3n) is 4.66. The summed E-state index contributed by atoms with van der Waals surface area (Å²) in [7, 11) is 0. The van der Waals surface area contributed by atoms with Gasteiger partial charge in [0.15, 0.2) is 0 Å². The lowest BCUT2D eigenvalue weighted by Crippen LogP contribution is -2.37. The van der Waals surface area contributed by atoms with Crippen molar-refractivity contribution in [3.63, 3.8) is 0 Å². The first-order valence-electron chi connectivity index (χ1n) is 9.09. The predicted octanol–water partition coefficient (Wildman–Crippen LogP) is 1.45. The van der Waals surface area contributed by atoms with Crippen molar-refractivity contribution in [2.75, 3.05) is 26.2 Å². The van der Waals surface area contributed by atoms with Gasteiger partial charge in [-0.15, -0.1) is 5.10 Å². The molecule has 2 aromatic rings. The van der Waals surface area contributed by atoms with Gasteiger partial charge in [0.25, 0.3) is 0 Å². The molecule has 1 amide bonds. The number of aromatic nitrogens is 4. The molecule has 0 spiro atoms. The zero-order chi connectivity index (χ0) is 17.3. The summed E-state index contributed by atoms with van der Waals surface area (Å²) in [4.78, 5) is 15.1. The Balaban J connectivity index is 1.50. The average molecular weight is 342 g/mol. The Bertz CT molecular complexity index is 624. The molecule has 2 heterocycles. The van der Waals surface area contributed by atoms with E-state index in [2.05, 4.69) is 25.7 Å². The summed E-state index contributed by atoms with van der Waals surface area (Å²) in [5.41, 5.74) is 1.09. The molecule has 0 aliphatic carbocycles. The van der Waals surface area contributed by atoms with Crippen molar-refractivity contribution in [2.45, 2.75) is 38.1 Å². The molecule has 3 rings (SSSR count). The molecule has 1 aliphatic rings. The normalized spacial score (nSPS) is 16.5. The summed E-state index contributed by atoms with van der Waals surface area (Å²) in [5.74, 6) is -0.0326. The maximum absolute atomic E-state index is 12.7. The summed E-state index contributed by atoms with van der Waals surface area (Å²) in [6.45, 7) is 4.11. The van der Waals surface area contributed by atoms with E-state index in [-0.39, 0.29) is 5.91 Å². The Morgan fingerprint density at radius 3 is 2.68 bits per heavy atom. The fraction of sp³-hybridized carbons (Fsp3) is 0.556. The van der Waals surface area contributed by atoms with E-state index in [1.807, 2.05) is 30.3 Å². The van der Waals surface area contributed by atoms with Crippen molar-refractivity contribution in [2.24, 2.45) is 0 Å². The highest BCUT2D eigenvalue weighted by atomic mass is 16.2. The SMILES string of the molecule is O=C(NCCCN1CCCCC1)C(Cc1ccccc1)n1cnnn1. The maximum Gasteiger partial charge on any atom is 0.245 e. The second kappa shape index (κ2) is 9.27. The number of nitrogens with zero attached hydrogens (tertiary/aromatic N) is 5. The van der Waals surface area contributed by atoms with Crippen molar-refractivity contribution in [1.82, 2.24) is 30.4 Å². The van der Waals surface area contributed by atoms with Gasteiger partial charge in [-0.3, -0.25) is 4.79 Å². The summed E-state index contributed by atoms with van der Waals surface area (Å²) >= 11 is 0. The summed E-state index contributed by atoms with van der Waals surface area (Å²) < 4.78 is 1.53. The van der Waals surface area contributed by atoms with Gasteiger partial charge in [0, 0.05) is 13.0 Å². The summed E-state index contributed by atoms with van der Waals surface area (Å²) in [5, 5.41) is 14.3. The standard InChI is InChI=1S/C18H26N6O/c25-18(19-10-7-13-23-11-5-2-6-12-23)17(24-15-20-21-22-24)14-16-8-3-1-4-9-16/h1,3-4,8-9,15,17H,2,5-7,10-14H2,(H,19,25). The zero-order valence-electron chi connectivity index (χ0n) is 14.5. The zero-order valence-corrected chi connectivity index (χ0v) is 14.5. The average Bonchev–Trinajstić information content (AvgIpc) is 3.19. The minimum absolute atomic E-state index is 0.0326. The van der Waals surface area contributed by atoms with Crippen LogP contribution in [0.4, 0.5) is 0 Å². The fourth-order valence-corrected chi connectivity index (χ4v) is 3.27. The van der Waals surface area contributed by atoms with Gasteiger partial charge in [0.2, 0.25) is 5.91 Å². The molecule has 134 valence electrons. The lowest BCUT2D eigenvalue weighted by atomic mass is 10.1. The fourth-order valence-electron chi connectivity index (χ4n) is 3.27. The first-order valence-corrected chi connectivity index (χ1v) is 9.09. The number of nitrogens with one attached hydrogen (secondary N) is 1. The topological polar surface area (TPSA) is 75.9 Å². The first kappa shape index (κ1) is 17.5. The van der Waals surface area contributed by atoms with Crippen LogP contribution in [0, 0.1) is 0 Å². The molecule has 1 saturated heterocycles. The molecule has 0 bridgehead atoms. The lowest BCUT2D eigenvalue weighted by molar-refractivity contribution is -0.124. The van der Waals surface area contributed by atoms with Crippen molar-refractivity contribution in [3.05, 3.63) is 42.2 Å². The molecule has 1 atom stereocenters. The summed E-state index contributed by atoms with van der Waals surface area (Å²) in [6.07, 6.45) is 6.99. The molecule has 7 heteroatoms. The summed E-state index contributed by atoms with van der Waals surface area (Å²) in [6, 6.07) is 9.52. The molecule has 1 unspecified atom stereocenters. The van der Waals surface area contributed by atoms with E-state index in [1.54, 1.807) is 0 Å². The number of likely N-dealkylation sites (tertiary alicyclic amines) is 1. The van der Waals surface area contributed by atoms with Gasteiger partial charge < -0.3 is 10.2 Å². The third kappa shape index (κ3) is 5.35. The minimum Gasteiger partial charge on any atom is -0.354 e. The number of hydrogen-bond donors (Lipinski definition) is 1. The molecule has 1 aliphatic heterocycles. The van der Waals surface area contributed by atoms with Crippen LogP contribution in [0.5, 0.6) is 0 Å². The van der Waals surface area contributed by atoms with E-state index in [0.29, 0.717) is 13.0 Å². The number of benzene rings is 1. The highest BCUT2D eigenvalue weighted by Gasteiger charge is 2.22. The Kier molecular flexibility index (Phi) is 6.50. The minimum atomic E-state index is -0.424. The van der Waals surface area contributed by atoms with E-state index in [1.165, 1.54) is 43.4 Å². The number of amides is 1. The maximum atomic E-state index is 12.7. The van der Waals surface area contributed by atoms with E-state index < -0.39 is 6.04 Å². The van der Waals surface area contributed by atoms with Crippen LogP contribution in [0.25, 0.3) is 0 Å². The molecule has 1 aromatic carbocycles. The van der Waals surface area contributed by atoms with E-state index in [0.717, 1.165) is 18.5 Å². The largest absolute Gasteiger partial charge is 0.354 e.